The normalized spacial score (nSPS) is 10.2. The van der Waals surface area contributed by atoms with Crippen molar-refractivity contribution in [1.82, 2.24) is 0 Å². The molecule has 3 aromatic carbocycles. The average Bonchev–Trinajstić information content (AvgIpc) is 2.42. The maximum Gasteiger partial charge on any atom is 0.0565 e. The average molecular weight is 322 g/mol. The number of rotatable bonds is 2. The van der Waals surface area contributed by atoms with Gasteiger partial charge in [0.1, 0.15) is 0 Å². The number of halogens is 2. The van der Waals surface area contributed by atoms with Crippen molar-refractivity contribution in [2.75, 3.05) is 5.73 Å². The highest BCUT2D eigenvalue weighted by Gasteiger charge is 2.04. The van der Waals surface area contributed by atoms with Crippen LogP contribution in [0.5, 0.6) is 0 Å². The second-order valence-corrected chi connectivity index (χ2v) is 5.82. The minimum Gasteiger partial charge on any atom is -0.399 e. The van der Waals surface area contributed by atoms with Gasteiger partial charge in [-0.3, -0.25) is 0 Å². The molecule has 0 saturated heterocycles. The van der Waals surface area contributed by atoms with E-state index in [-0.39, 0.29) is 12.4 Å². The molecule has 0 radical (unpaired) electrons. The molecular formula is C16H13Cl2NS. The van der Waals surface area contributed by atoms with E-state index in [0.29, 0.717) is 10.7 Å². The van der Waals surface area contributed by atoms with Crippen LogP contribution >= 0.6 is 35.8 Å². The van der Waals surface area contributed by atoms with Gasteiger partial charge in [-0.05, 0) is 41.1 Å². The van der Waals surface area contributed by atoms with Crippen molar-refractivity contribution in [1.29, 1.82) is 0 Å². The lowest BCUT2D eigenvalue weighted by Gasteiger charge is -2.06. The van der Waals surface area contributed by atoms with Crippen LogP contribution in [0.25, 0.3) is 10.8 Å². The molecule has 0 spiro atoms. The minimum absolute atomic E-state index is 0. The molecule has 0 amide bonds. The van der Waals surface area contributed by atoms with Crippen molar-refractivity contribution in [3.8, 4) is 0 Å². The van der Waals surface area contributed by atoms with Gasteiger partial charge < -0.3 is 5.73 Å². The van der Waals surface area contributed by atoms with Crippen LogP contribution in [0.2, 0.25) is 5.02 Å². The summed E-state index contributed by atoms with van der Waals surface area (Å²) in [6.45, 7) is 0. The molecule has 3 aromatic rings. The standard InChI is InChI=1S/C16H12ClNS.ClH/c17-15-10-13(18)6-8-16(15)19-14-7-5-11-3-1-2-4-12(11)9-14;/h1-10H,18H2;1H. The fourth-order valence-corrected chi connectivity index (χ4v) is 3.13. The second-order valence-electron chi connectivity index (χ2n) is 4.30. The van der Waals surface area contributed by atoms with Gasteiger partial charge in [0.25, 0.3) is 0 Å². The van der Waals surface area contributed by atoms with E-state index < -0.39 is 0 Å². The van der Waals surface area contributed by atoms with Crippen LogP contribution in [0.15, 0.2) is 70.5 Å². The van der Waals surface area contributed by atoms with Gasteiger partial charge >= 0.3 is 0 Å². The Morgan fingerprint density at radius 2 is 1.60 bits per heavy atom. The van der Waals surface area contributed by atoms with E-state index in [1.807, 2.05) is 24.3 Å². The van der Waals surface area contributed by atoms with Crippen LogP contribution in [-0.4, -0.2) is 0 Å². The third kappa shape index (κ3) is 3.21. The number of hydrogen-bond donors (Lipinski definition) is 1. The molecule has 0 saturated carbocycles. The third-order valence-corrected chi connectivity index (χ3v) is 4.39. The smallest absolute Gasteiger partial charge is 0.0565 e. The molecule has 0 aliphatic rings. The molecule has 20 heavy (non-hydrogen) atoms. The summed E-state index contributed by atoms with van der Waals surface area (Å²) in [4.78, 5) is 2.19. The Morgan fingerprint density at radius 3 is 2.35 bits per heavy atom. The maximum atomic E-state index is 6.20. The van der Waals surface area contributed by atoms with Crippen molar-refractivity contribution in [2.24, 2.45) is 0 Å². The van der Waals surface area contributed by atoms with Gasteiger partial charge in [-0.25, -0.2) is 0 Å². The topological polar surface area (TPSA) is 26.0 Å². The summed E-state index contributed by atoms with van der Waals surface area (Å²) in [6, 6.07) is 20.3. The second kappa shape index (κ2) is 6.40. The van der Waals surface area contributed by atoms with E-state index in [1.165, 1.54) is 15.7 Å². The van der Waals surface area contributed by atoms with E-state index in [1.54, 1.807) is 17.8 Å². The molecule has 0 unspecified atom stereocenters. The number of fused-ring (bicyclic) bond motifs is 1. The summed E-state index contributed by atoms with van der Waals surface area (Å²) in [5.74, 6) is 0. The molecule has 0 fully saturated rings. The fraction of sp³-hybridized carbons (Fsp3) is 0. The highest BCUT2D eigenvalue weighted by molar-refractivity contribution is 7.99. The van der Waals surface area contributed by atoms with Crippen molar-refractivity contribution < 1.29 is 0 Å². The Labute approximate surface area is 133 Å². The van der Waals surface area contributed by atoms with E-state index in [0.717, 1.165) is 4.90 Å². The lowest BCUT2D eigenvalue weighted by Crippen LogP contribution is -1.84. The van der Waals surface area contributed by atoms with Crippen LogP contribution in [-0.2, 0) is 0 Å². The molecule has 1 nitrogen and oxygen atoms in total. The van der Waals surface area contributed by atoms with E-state index in [2.05, 4.69) is 30.3 Å². The molecule has 0 aliphatic heterocycles. The predicted octanol–water partition coefficient (Wildman–Crippen LogP) is 5.65. The lowest BCUT2D eigenvalue weighted by molar-refractivity contribution is 1.42. The highest BCUT2D eigenvalue weighted by atomic mass is 35.5. The Kier molecular flexibility index (Phi) is 4.81. The Balaban J connectivity index is 0.00000147. The van der Waals surface area contributed by atoms with Gasteiger partial charge in [0.2, 0.25) is 0 Å². The van der Waals surface area contributed by atoms with Crippen LogP contribution in [0.1, 0.15) is 0 Å². The first kappa shape index (κ1) is 15.0. The molecule has 4 heteroatoms. The minimum atomic E-state index is 0. The third-order valence-electron chi connectivity index (χ3n) is 2.90. The van der Waals surface area contributed by atoms with Crippen molar-refractivity contribution in [2.45, 2.75) is 9.79 Å². The largest absolute Gasteiger partial charge is 0.399 e. The zero-order valence-corrected chi connectivity index (χ0v) is 12.9. The van der Waals surface area contributed by atoms with Crippen LogP contribution < -0.4 is 5.73 Å². The molecular weight excluding hydrogens is 309 g/mol. The maximum absolute atomic E-state index is 6.20. The quantitative estimate of drug-likeness (QED) is 0.617. The number of nitrogens with two attached hydrogens (primary N) is 1. The molecule has 0 aliphatic carbocycles. The molecule has 0 bridgehead atoms. The summed E-state index contributed by atoms with van der Waals surface area (Å²) < 4.78 is 0. The summed E-state index contributed by atoms with van der Waals surface area (Å²) in [6.07, 6.45) is 0. The Morgan fingerprint density at radius 1 is 0.850 bits per heavy atom. The van der Waals surface area contributed by atoms with Crippen LogP contribution in [0, 0.1) is 0 Å². The molecule has 2 N–H and O–H groups in total. The first-order chi connectivity index (χ1) is 9.22. The van der Waals surface area contributed by atoms with Gasteiger partial charge in [0.05, 0.1) is 5.02 Å². The SMILES string of the molecule is Cl.Nc1ccc(Sc2ccc3ccccc3c2)c(Cl)c1. The van der Waals surface area contributed by atoms with Crippen molar-refractivity contribution in [3.63, 3.8) is 0 Å². The number of nitrogen functional groups attached to an aromatic ring is 1. The summed E-state index contributed by atoms with van der Waals surface area (Å²) in [7, 11) is 0. The first-order valence-corrected chi connectivity index (χ1v) is 7.13. The van der Waals surface area contributed by atoms with Gasteiger partial charge in [-0.2, -0.15) is 0 Å². The molecule has 0 atom stereocenters. The summed E-state index contributed by atoms with van der Waals surface area (Å²) >= 11 is 7.85. The molecule has 0 aromatic heterocycles. The zero-order valence-electron chi connectivity index (χ0n) is 10.5. The summed E-state index contributed by atoms with van der Waals surface area (Å²) in [5.41, 5.74) is 6.39. The van der Waals surface area contributed by atoms with Crippen LogP contribution in [0.3, 0.4) is 0 Å². The van der Waals surface area contributed by atoms with Crippen LogP contribution in [0.4, 0.5) is 5.69 Å². The molecule has 0 heterocycles. The summed E-state index contributed by atoms with van der Waals surface area (Å²) in [5, 5.41) is 3.17. The lowest BCUT2D eigenvalue weighted by atomic mass is 10.1. The monoisotopic (exact) mass is 321 g/mol. The van der Waals surface area contributed by atoms with E-state index in [9.17, 15) is 0 Å². The van der Waals surface area contributed by atoms with E-state index >= 15 is 0 Å². The van der Waals surface area contributed by atoms with Gasteiger partial charge in [0.15, 0.2) is 0 Å². The molecule has 3 rings (SSSR count). The molecule has 102 valence electrons. The van der Waals surface area contributed by atoms with E-state index in [4.69, 9.17) is 17.3 Å². The number of hydrogen-bond acceptors (Lipinski definition) is 2. The zero-order chi connectivity index (χ0) is 13.2. The highest BCUT2D eigenvalue weighted by Crippen LogP contribution is 2.35. The first-order valence-electron chi connectivity index (χ1n) is 5.94. The van der Waals surface area contributed by atoms with Gasteiger partial charge in [-0.1, -0.05) is 53.7 Å². The number of anilines is 1. The van der Waals surface area contributed by atoms with Crippen molar-refractivity contribution in [3.05, 3.63) is 65.7 Å². The fourth-order valence-electron chi connectivity index (χ4n) is 1.96. The number of benzene rings is 3. The Hall–Kier alpha value is -1.35. The predicted molar refractivity (Wildman–Crippen MR) is 91.2 cm³/mol. The van der Waals surface area contributed by atoms with Gasteiger partial charge in [-0.15, -0.1) is 12.4 Å². The van der Waals surface area contributed by atoms with Gasteiger partial charge in [0, 0.05) is 15.5 Å². The van der Waals surface area contributed by atoms with Crippen molar-refractivity contribution >= 4 is 52.2 Å². The Bertz CT molecular complexity index is 743.